The first-order chi connectivity index (χ1) is 9.62. The fourth-order valence-electron chi connectivity index (χ4n) is 1.49. The molecule has 6 nitrogen and oxygen atoms in total. The summed E-state index contributed by atoms with van der Waals surface area (Å²) in [6, 6.07) is 5.22. The molecule has 0 aliphatic rings. The Morgan fingerprint density at radius 3 is 2.60 bits per heavy atom. The van der Waals surface area contributed by atoms with Gasteiger partial charge in [0.05, 0.1) is 17.8 Å². The van der Waals surface area contributed by atoms with E-state index in [4.69, 9.17) is 27.9 Å². The summed E-state index contributed by atoms with van der Waals surface area (Å²) in [5, 5.41) is 6.57. The van der Waals surface area contributed by atoms with Crippen LogP contribution in [0.1, 0.15) is 6.92 Å². The van der Waals surface area contributed by atoms with Gasteiger partial charge in [-0.3, -0.25) is 0 Å². The molecule has 0 saturated heterocycles. The summed E-state index contributed by atoms with van der Waals surface area (Å²) >= 11 is 12.0. The molecule has 1 aromatic carbocycles. The van der Waals surface area contributed by atoms with E-state index in [0.29, 0.717) is 34.9 Å². The molecule has 106 valence electrons. The van der Waals surface area contributed by atoms with Gasteiger partial charge in [-0.15, -0.1) is 0 Å². The topological polar surface area (TPSA) is 72.0 Å². The molecule has 0 saturated carbocycles. The molecule has 2 rings (SSSR count). The van der Waals surface area contributed by atoms with Gasteiger partial charge in [0.2, 0.25) is 17.2 Å². The number of ether oxygens (including phenoxy) is 1. The lowest BCUT2D eigenvalue weighted by Crippen LogP contribution is -2.06. The average Bonchev–Trinajstić information content (AvgIpc) is 2.41. The average molecular weight is 314 g/mol. The van der Waals surface area contributed by atoms with Gasteiger partial charge in [0.1, 0.15) is 5.75 Å². The van der Waals surface area contributed by atoms with E-state index in [1.54, 1.807) is 25.3 Å². The summed E-state index contributed by atoms with van der Waals surface area (Å²) in [5.41, 5.74) is 0.621. The van der Waals surface area contributed by atoms with E-state index in [1.165, 1.54) is 0 Å². The molecule has 0 atom stereocenters. The zero-order valence-corrected chi connectivity index (χ0v) is 12.5. The van der Waals surface area contributed by atoms with Crippen LogP contribution in [-0.2, 0) is 0 Å². The van der Waals surface area contributed by atoms with E-state index in [0.717, 1.165) is 0 Å². The van der Waals surface area contributed by atoms with E-state index < -0.39 is 0 Å². The number of hydrogen-bond donors (Lipinski definition) is 2. The molecule has 2 aromatic rings. The number of aromatic nitrogens is 3. The number of rotatable bonds is 5. The third-order valence-electron chi connectivity index (χ3n) is 2.36. The highest BCUT2D eigenvalue weighted by Crippen LogP contribution is 2.28. The first kappa shape index (κ1) is 14.6. The van der Waals surface area contributed by atoms with Crippen molar-refractivity contribution in [2.24, 2.45) is 0 Å². The van der Waals surface area contributed by atoms with Crippen molar-refractivity contribution in [1.29, 1.82) is 0 Å². The fraction of sp³-hybridized carbons (Fsp3) is 0.250. The zero-order chi connectivity index (χ0) is 14.5. The Bertz CT molecular complexity index is 608. The Kier molecular flexibility index (Phi) is 4.81. The summed E-state index contributed by atoms with van der Waals surface area (Å²) < 4.78 is 5.14. The Morgan fingerprint density at radius 1 is 1.15 bits per heavy atom. The molecule has 1 aromatic heterocycles. The first-order valence-electron chi connectivity index (χ1n) is 5.88. The van der Waals surface area contributed by atoms with E-state index in [2.05, 4.69) is 25.6 Å². The molecule has 1 heterocycles. The Morgan fingerprint density at radius 2 is 1.90 bits per heavy atom. The van der Waals surface area contributed by atoms with Gasteiger partial charge in [-0.1, -0.05) is 11.6 Å². The summed E-state index contributed by atoms with van der Waals surface area (Å²) in [4.78, 5) is 12.1. The standard InChI is InChI=1S/C12H13Cl2N5O/c1-3-15-11-17-10(14)18-12(19-11)16-9-6-7(20-2)4-5-8(9)13/h4-6H,3H2,1-2H3,(H2,15,16,17,18,19). The van der Waals surface area contributed by atoms with Gasteiger partial charge in [0.15, 0.2) is 0 Å². The maximum absolute atomic E-state index is 6.11. The monoisotopic (exact) mass is 313 g/mol. The van der Waals surface area contributed by atoms with Gasteiger partial charge in [0, 0.05) is 12.6 Å². The van der Waals surface area contributed by atoms with Crippen LogP contribution in [0.25, 0.3) is 0 Å². The highest BCUT2D eigenvalue weighted by Gasteiger charge is 2.08. The minimum Gasteiger partial charge on any atom is -0.497 e. The maximum atomic E-state index is 6.11. The molecular weight excluding hydrogens is 301 g/mol. The van der Waals surface area contributed by atoms with Gasteiger partial charge in [0.25, 0.3) is 0 Å². The molecule has 0 bridgehead atoms. The molecule has 2 N–H and O–H groups in total. The number of anilines is 3. The van der Waals surface area contributed by atoms with Gasteiger partial charge >= 0.3 is 0 Å². The van der Waals surface area contributed by atoms with Crippen molar-refractivity contribution in [2.45, 2.75) is 6.92 Å². The quantitative estimate of drug-likeness (QED) is 0.882. The maximum Gasteiger partial charge on any atom is 0.233 e. The van der Waals surface area contributed by atoms with Crippen LogP contribution in [0.15, 0.2) is 18.2 Å². The van der Waals surface area contributed by atoms with Gasteiger partial charge < -0.3 is 15.4 Å². The van der Waals surface area contributed by atoms with E-state index in [9.17, 15) is 0 Å². The summed E-state index contributed by atoms with van der Waals surface area (Å²) in [5.74, 6) is 1.37. The van der Waals surface area contributed by atoms with Gasteiger partial charge in [-0.2, -0.15) is 15.0 Å². The number of nitrogens with one attached hydrogen (secondary N) is 2. The molecule has 0 amide bonds. The lowest BCUT2D eigenvalue weighted by atomic mass is 10.3. The van der Waals surface area contributed by atoms with Crippen LogP contribution >= 0.6 is 23.2 Å². The molecule has 0 aliphatic heterocycles. The van der Waals surface area contributed by atoms with Crippen LogP contribution in [0, 0.1) is 0 Å². The summed E-state index contributed by atoms with van der Waals surface area (Å²) in [7, 11) is 1.58. The van der Waals surface area contributed by atoms with Crippen LogP contribution < -0.4 is 15.4 Å². The lowest BCUT2D eigenvalue weighted by molar-refractivity contribution is 0.415. The number of hydrogen-bond acceptors (Lipinski definition) is 6. The number of nitrogens with zero attached hydrogens (tertiary/aromatic N) is 3. The normalized spacial score (nSPS) is 10.2. The molecule has 0 spiro atoms. The molecule has 8 heteroatoms. The molecule has 0 radical (unpaired) electrons. The Balaban J connectivity index is 2.29. The smallest absolute Gasteiger partial charge is 0.233 e. The molecule has 0 fully saturated rings. The predicted octanol–water partition coefficient (Wildman–Crippen LogP) is 3.36. The third-order valence-corrected chi connectivity index (χ3v) is 2.86. The number of benzene rings is 1. The second-order valence-corrected chi connectivity index (χ2v) is 4.50. The molecule has 0 aliphatic carbocycles. The minimum atomic E-state index is 0.0949. The minimum absolute atomic E-state index is 0.0949. The zero-order valence-electron chi connectivity index (χ0n) is 10.9. The van der Waals surface area contributed by atoms with Crippen molar-refractivity contribution in [2.75, 3.05) is 24.3 Å². The molecular formula is C12H13Cl2N5O. The Labute approximate surface area is 126 Å². The van der Waals surface area contributed by atoms with E-state index >= 15 is 0 Å². The molecule has 0 unspecified atom stereocenters. The van der Waals surface area contributed by atoms with Crippen LogP contribution in [0.2, 0.25) is 10.3 Å². The first-order valence-corrected chi connectivity index (χ1v) is 6.64. The highest BCUT2D eigenvalue weighted by molar-refractivity contribution is 6.33. The second kappa shape index (κ2) is 6.58. The highest BCUT2D eigenvalue weighted by atomic mass is 35.5. The molecule has 20 heavy (non-hydrogen) atoms. The Hall–Kier alpha value is -1.79. The third kappa shape index (κ3) is 3.61. The van der Waals surface area contributed by atoms with Crippen molar-refractivity contribution in [3.05, 3.63) is 28.5 Å². The van der Waals surface area contributed by atoms with Gasteiger partial charge in [-0.05, 0) is 30.7 Å². The van der Waals surface area contributed by atoms with Crippen LogP contribution in [0.4, 0.5) is 17.6 Å². The lowest BCUT2D eigenvalue weighted by Gasteiger charge is -2.10. The van der Waals surface area contributed by atoms with Gasteiger partial charge in [-0.25, -0.2) is 0 Å². The van der Waals surface area contributed by atoms with Crippen LogP contribution in [-0.4, -0.2) is 28.6 Å². The van der Waals surface area contributed by atoms with E-state index in [-0.39, 0.29) is 5.28 Å². The largest absolute Gasteiger partial charge is 0.497 e. The van der Waals surface area contributed by atoms with Crippen molar-refractivity contribution in [3.8, 4) is 5.75 Å². The van der Waals surface area contributed by atoms with E-state index in [1.807, 2.05) is 6.92 Å². The van der Waals surface area contributed by atoms with Crippen molar-refractivity contribution in [1.82, 2.24) is 15.0 Å². The number of halogens is 2. The van der Waals surface area contributed by atoms with Crippen LogP contribution in [0.3, 0.4) is 0 Å². The van der Waals surface area contributed by atoms with Crippen LogP contribution in [0.5, 0.6) is 5.75 Å². The van der Waals surface area contributed by atoms with Crippen molar-refractivity contribution < 1.29 is 4.74 Å². The fourth-order valence-corrected chi connectivity index (χ4v) is 1.82. The SMILES string of the molecule is CCNc1nc(Cl)nc(Nc2cc(OC)ccc2Cl)n1. The summed E-state index contributed by atoms with van der Waals surface area (Å²) in [6.45, 7) is 2.61. The van der Waals surface area contributed by atoms with Crippen molar-refractivity contribution >= 4 is 40.8 Å². The second-order valence-electron chi connectivity index (χ2n) is 3.75. The summed E-state index contributed by atoms with van der Waals surface area (Å²) in [6.07, 6.45) is 0. The predicted molar refractivity (Wildman–Crippen MR) is 80.3 cm³/mol. The number of methoxy groups -OCH3 is 1. The van der Waals surface area contributed by atoms with Crippen molar-refractivity contribution in [3.63, 3.8) is 0 Å².